The van der Waals surface area contributed by atoms with Gasteiger partial charge in [0.2, 0.25) is 0 Å². The molecule has 1 aromatic heterocycles. The summed E-state index contributed by atoms with van der Waals surface area (Å²) >= 11 is 0. The van der Waals surface area contributed by atoms with Gasteiger partial charge in [-0.2, -0.15) is 5.10 Å². The number of terminal acetylenes is 1. The Hall–Kier alpha value is -2.21. The number of hydrogen-bond acceptors (Lipinski definition) is 2. The van der Waals surface area contributed by atoms with Crippen LogP contribution in [0.2, 0.25) is 0 Å². The van der Waals surface area contributed by atoms with Crippen molar-refractivity contribution in [3.8, 4) is 23.8 Å². The number of hydrogen-bond donors (Lipinski definition) is 1. The van der Waals surface area contributed by atoms with Crippen LogP contribution in [0.5, 0.6) is 11.5 Å². The number of aryl methyl sites for hydroxylation is 1. The van der Waals surface area contributed by atoms with Crippen molar-refractivity contribution in [2.75, 3.05) is 0 Å². The summed E-state index contributed by atoms with van der Waals surface area (Å²) in [4.78, 5) is 0. The van der Waals surface area contributed by atoms with Gasteiger partial charge < -0.3 is 4.74 Å². The smallest absolute Gasteiger partial charge is 0.167 e. The fourth-order valence-corrected chi connectivity index (χ4v) is 1.19. The summed E-state index contributed by atoms with van der Waals surface area (Å²) in [6.45, 7) is 1.90. The Kier molecular flexibility index (Phi) is 2.42. The molecular formula is C12H10N2O. The van der Waals surface area contributed by atoms with Crippen molar-refractivity contribution < 1.29 is 4.74 Å². The van der Waals surface area contributed by atoms with Gasteiger partial charge in [0.1, 0.15) is 5.75 Å². The molecule has 0 amide bonds. The molecule has 1 aromatic carbocycles. The third kappa shape index (κ3) is 2.00. The highest BCUT2D eigenvalue weighted by Gasteiger charge is 2.02. The van der Waals surface area contributed by atoms with E-state index in [-0.39, 0.29) is 0 Å². The van der Waals surface area contributed by atoms with Gasteiger partial charge in [-0.25, -0.2) is 0 Å². The van der Waals surface area contributed by atoms with E-state index in [1.54, 1.807) is 6.20 Å². The van der Waals surface area contributed by atoms with Gasteiger partial charge in [0, 0.05) is 5.56 Å². The van der Waals surface area contributed by atoms with Crippen molar-refractivity contribution in [3.63, 3.8) is 0 Å². The summed E-state index contributed by atoms with van der Waals surface area (Å²) in [5, 5.41) is 6.67. The first-order valence-corrected chi connectivity index (χ1v) is 4.54. The predicted octanol–water partition coefficient (Wildman–Crippen LogP) is 2.49. The molecule has 0 radical (unpaired) electrons. The van der Waals surface area contributed by atoms with E-state index in [4.69, 9.17) is 11.2 Å². The highest BCUT2D eigenvalue weighted by atomic mass is 16.5. The minimum atomic E-state index is 0.725. The summed E-state index contributed by atoms with van der Waals surface area (Å²) < 4.78 is 5.59. The van der Waals surface area contributed by atoms with E-state index in [1.165, 1.54) is 0 Å². The standard InChI is InChI=1S/C12H10N2O/c1-3-10-4-6-11(7-5-10)15-12-8-13-14-9(12)2/h1,4-8H,2H3,(H,13,14). The van der Waals surface area contributed by atoms with Crippen molar-refractivity contribution in [2.45, 2.75) is 6.92 Å². The minimum Gasteiger partial charge on any atom is -0.454 e. The number of nitrogens with one attached hydrogen (secondary N) is 1. The van der Waals surface area contributed by atoms with Crippen molar-refractivity contribution in [2.24, 2.45) is 0 Å². The quantitative estimate of drug-likeness (QED) is 0.753. The molecule has 1 N–H and O–H groups in total. The Morgan fingerprint density at radius 1 is 1.33 bits per heavy atom. The van der Waals surface area contributed by atoms with Crippen LogP contribution < -0.4 is 4.74 Å². The lowest BCUT2D eigenvalue weighted by Gasteiger charge is -2.03. The first-order valence-electron chi connectivity index (χ1n) is 4.54. The lowest BCUT2D eigenvalue weighted by atomic mass is 10.2. The highest BCUT2D eigenvalue weighted by molar-refractivity contribution is 5.38. The average Bonchev–Trinajstić information content (AvgIpc) is 2.66. The van der Waals surface area contributed by atoms with Crippen molar-refractivity contribution in [3.05, 3.63) is 41.7 Å². The number of rotatable bonds is 2. The van der Waals surface area contributed by atoms with Gasteiger partial charge in [-0.15, -0.1) is 6.42 Å². The molecule has 1 heterocycles. The van der Waals surface area contributed by atoms with E-state index in [1.807, 2.05) is 31.2 Å². The molecular weight excluding hydrogens is 188 g/mol. The Bertz CT molecular complexity index is 491. The fourth-order valence-electron chi connectivity index (χ4n) is 1.19. The molecule has 2 aromatic rings. The number of aromatic nitrogens is 2. The third-order valence-electron chi connectivity index (χ3n) is 2.03. The SMILES string of the molecule is C#Cc1ccc(Oc2cn[nH]c2C)cc1. The van der Waals surface area contributed by atoms with Crippen LogP contribution in [0.4, 0.5) is 0 Å². The Balaban J connectivity index is 2.19. The molecule has 0 aliphatic carbocycles. The van der Waals surface area contributed by atoms with Gasteiger partial charge in [-0.3, -0.25) is 5.10 Å². The first-order chi connectivity index (χ1) is 7.29. The summed E-state index contributed by atoms with van der Waals surface area (Å²) in [6, 6.07) is 7.35. The maximum absolute atomic E-state index is 5.59. The van der Waals surface area contributed by atoms with Crippen LogP contribution in [0.3, 0.4) is 0 Å². The molecule has 74 valence electrons. The van der Waals surface area contributed by atoms with Gasteiger partial charge in [-0.1, -0.05) is 5.92 Å². The molecule has 0 unspecified atom stereocenters. The topological polar surface area (TPSA) is 37.9 Å². The van der Waals surface area contributed by atoms with Gasteiger partial charge in [0.15, 0.2) is 5.75 Å². The second-order valence-corrected chi connectivity index (χ2v) is 3.13. The van der Waals surface area contributed by atoms with Crippen molar-refractivity contribution >= 4 is 0 Å². The molecule has 0 bridgehead atoms. The highest BCUT2D eigenvalue weighted by Crippen LogP contribution is 2.22. The predicted molar refractivity (Wildman–Crippen MR) is 57.8 cm³/mol. The monoisotopic (exact) mass is 198 g/mol. The van der Waals surface area contributed by atoms with Gasteiger partial charge in [-0.05, 0) is 31.2 Å². The van der Waals surface area contributed by atoms with Crippen LogP contribution in [-0.2, 0) is 0 Å². The minimum absolute atomic E-state index is 0.725. The number of ether oxygens (including phenoxy) is 1. The molecule has 3 nitrogen and oxygen atoms in total. The molecule has 2 rings (SSSR count). The normalized spacial score (nSPS) is 9.60. The Morgan fingerprint density at radius 2 is 2.07 bits per heavy atom. The van der Waals surface area contributed by atoms with Crippen LogP contribution >= 0.6 is 0 Å². The molecule has 0 aliphatic heterocycles. The van der Waals surface area contributed by atoms with Crippen molar-refractivity contribution in [1.29, 1.82) is 0 Å². The summed E-state index contributed by atoms with van der Waals surface area (Å²) in [5.41, 5.74) is 1.74. The van der Waals surface area contributed by atoms with E-state index < -0.39 is 0 Å². The summed E-state index contributed by atoms with van der Waals surface area (Å²) in [7, 11) is 0. The average molecular weight is 198 g/mol. The maximum Gasteiger partial charge on any atom is 0.167 e. The van der Waals surface area contributed by atoms with E-state index in [0.29, 0.717) is 0 Å². The Morgan fingerprint density at radius 3 is 2.60 bits per heavy atom. The zero-order chi connectivity index (χ0) is 10.7. The van der Waals surface area contributed by atoms with Crippen LogP contribution in [0.25, 0.3) is 0 Å². The van der Waals surface area contributed by atoms with Gasteiger partial charge >= 0.3 is 0 Å². The fraction of sp³-hybridized carbons (Fsp3) is 0.0833. The lowest BCUT2D eigenvalue weighted by molar-refractivity contribution is 0.479. The van der Waals surface area contributed by atoms with E-state index in [9.17, 15) is 0 Å². The van der Waals surface area contributed by atoms with Crippen molar-refractivity contribution in [1.82, 2.24) is 10.2 Å². The van der Waals surface area contributed by atoms with E-state index in [0.717, 1.165) is 22.8 Å². The molecule has 3 heteroatoms. The zero-order valence-electron chi connectivity index (χ0n) is 8.32. The number of nitrogens with zero attached hydrogens (tertiary/aromatic N) is 1. The molecule has 15 heavy (non-hydrogen) atoms. The maximum atomic E-state index is 5.59. The summed E-state index contributed by atoms with van der Waals surface area (Å²) in [5.74, 6) is 4.02. The van der Waals surface area contributed by atoms with Crippen LogP contribution in [0.1, 0.15) is 11.3 Å². The Labute approximate surface area is 88.1 Å². The van der Waals surface area contributed by atoms with Crippen LogP contribution in [0, 0.1) is 19.3 Å². The molecule has 0 fully saturated rings. The van der Waals surface area contributed by atoms with Crippen LogP contribution in [-0.4, -0.2) is 10.2 Å². The number of aromatic amines is 1. The zero-order valence-corrected chi connectivity index (χ0v) is 8.32. The number of benzene rings is 1. The van der Waals surface area contributed by atoms with E-state index in [2.05, 4.69) is 16.1 Å². The summed E-state index contributed by atoms with van der Waals surface area (Å²) in [6.07, 6.45) is 6.90. The first kappa shape index (κ1) is 9.35. The molecule has 0 saturated heterocycles. The van der Waals surface area contributed by atoms with E-state index >= 15 is 0 Å². The molecule has 0 atom stereocenters. The molecule has 0 saturated carbocycles. The largest absolute Gasteiger partial charge is 0.454 e. The number of H-pyrrole nitrogens is 1. The van der Waals surface area contributed by atoms with Crippen LogP contribution in [0.15, 0.2) is 30.5 Å². The molecule has 0 aliphatic rings. The van der Waals surface area contributed by atoms with Gasteiger partial charge in [0.25, 0.3) is 0 Å². The third-order valence-corrected chi connectivity index (χ3v) is 2.03. The van der Waals surface area contributed by atoms with Gasteiger partial charge in [0.05, 0.1) is 11.9 Å². The second-order valence-electron chi connectivity index (χ2n) is 3.13. The second kappa shape index (κ2) is 3.89. The molecule has 0 spiro atoms. The lowest BCUT2D eigenvalue weighted by Crippen LogP contribution is -1.84.